The maximum absolute atomic E-state index is 13.1. The molecule has 0 aliphatic heterocycles. The number of ketones is 1. The minimum Gasteiger partial charge on any atom is -0.305 e. The van der Waals surface area contributed by atoms with Crippen LogP contribution in [0.15, 0.2) is 23.4 Å². The summed E-state index contributed by atoms with van der Waals surface area (Å²) in [5.41, 5.74) is 2.94. The maximum atomic E-state index is 13.1. The second kappa shape index (κ2) is 10.2. The molecule has 0 spiro atoms. The molecule has 0 radical (unpaired) electrons. The van der Waals surface area contributed by atoms with E-state index in [1.165, 1.54) is 11.8 Å². The number of unbranched alkanes of at least 4 members (excludes halogenated alkanes) is 1. The van der Waals surface area contributed by atoms with E-state index in [1.54, 1.807) is 0 Å². The van der Waals surface area contributed by atoms with Crippen LogP contribution in [0.4, 0.5) is 0 Å². The number of aryl methyl sites for hydroxylation is 2. The molecule has 0 fully saturated rings. The second-order valence-corrected chi connectivity index (χ2v) is 8.98. The molecule has 0 aliphatic rings. The van der Waals surface area contributed by atoms with Crippen molar-refractivity contribution in [3.05, 3.63) is 40.7 Å². The Labute approximate surface area is 173 Å². The Morgan fingerprint density at radius 1 is 1.21 bits per heavy atom. The predicted molar refractivity (Wildman–Crippen MR) is 117 cm³/mol. The van der Waals surface area contributed by atoms with Gasteiger partial charge in [0.15, 0.2) is 16.8 Å². The number of carbonyl (C=O) groups is 1. The summed E-state index contributed by atoms with van der Waals surface area (Å²) in [6.07, 6.45) is 3.15. The molecule has 2 unspecified atom stereocenters. The van der Waals surface area contributed by atoms with Gasteiger partial charge in [-0.25, -0.2) is 0 Å². The summed E-state index contributed by atoms with van der Waals surface area (Å²) in [6, 6.07) is 6.28. The van der Waals surface area contributed by atoms with Gasteiger partial charge >= 0.3 is 0 Å². The number of hydrogen-bond donors (Lipinski definition) is 0. The highest BCUT2D eigenvalue weighted by atomic mass is 32.2. The Kier molecular flexibility index (Phi) is 8.25. The van der Waals surface area contributed by atoms with Crippen molar-refractivity contribution < 1.29 is 4.79 Å². The molecular formula is C22H34N4OS. The van der Waals surface area contributed by atoms with Crippen LogP contribution in [-0.2, 0) is 6.54 Å². The molecule has 0 bridgehead atoms. The van der Waals surface area contributed by atoms with Crippen LogP contribution in [0.25, 0.3) is 0 Å². The molecule has 2 aromatic rings. The average molecular weight is 403 g/mol. The molecule has 0 amide bonds. The Morgan fingerprint density at radius 2 is 1.93 bits per heavy atom. The maximum Gasteiger partial charge on any atom is 0.191 e. The molecule has 2 atom stereocenters. The summed E-state index contributed by atoms with van der Waals surface area (Å²) in [5.74, 6) is 1.15. The van der Waals surface area contributed by atoms with Gasteiger partial charge in [-0.05, 0) is 59.3 Å². The normalized spacial score (nSPS) is 13.7. The van der Waals surface area contributed by atoms with Gasteiger partial charge in [-0.15, -0.1) is 10.2 Å². The zero-order valence-corrected chi connectivity index (χ0v) is 19.1. The summed E-state index contributed by atoms with van der Waals surface area (Å²) >= 11 is 1.52. The zero-order valence-electron chi connectivity index (χ0n) is 18.3. The molecule has 0 saturated heterocycles. The fourth-order valence-corrected chi connectivity index (χ4v) is 4.32. The van der Waals surface area contributed by atoms with Crippen LogP contribution < -0.4 is 0 Å². The van der Waals surface area contributed by atoms with E-state index >= 15 is 0 Å². The highest BCUT2D eigenvalue weighted by Crippen LogP contribution is 2.29. The molecule has 2 rings (SSSR count). The first kappa shape index (κ1) is 22.6. The van der Waals surface area contributed by atoms with Gasteiger partial charge in [-0.2, -0.15) is 0 Å². The highest BCUT2D eigenvalue weighted by Gasteiger charge is 2.25. The van der Waals surface area contributed by atoms with Crippen molar-refractivity contribution in [3.63, 3.8) is 0 Å². The summed E-state index contributed by atoms with van der Waals surface area (Å²) < 4.78 is 2.22. The van der Waals surface area contributed by atoms with Crippen molar-refractivity contribution in [2.24, 2.45) is 0 Å². The standard InChI is InChI=1S/C22H34N4OS/c1-8-10-13-26-21(19(9-2)25(6)7)23-24-22(26)28-17(5)20(27)18-14-15(3)11-12-16(18)4/h11-12,14,17,19H,8-10,13H2,1-7H3. The smallest absolute Gasteiger partial charge is 0.191 e. The van der Waals surface area contributed by atoms with Gasteiger partial charge in [-0.3, -0.25) is 9.69 Å². The Morgan fingerprint density at radius 3 is 2.54 bits per heavy atom. The highest BCUT2D eigenvalue weighted by molar-refractivity contribution is 8.00. The topological polar surface area (TPSA) is 51.0 Å². The van der Waals surface area contributed by atoms with Gasteiger partial charge in [-0.1, -0.05) is 49.7 Å². The van der Waals surface area contributed by atoms with E-state index in [1.807, 2.05) is 39.0 Å². The third kappa shape index (κ3) is 5.23. The first-order chi connectivity index (χ1) is 13.3. The number of hydrogen-bond acceptors (Lipinski definition) is 5. The molecule has 1 aromatic carbocycles. The molecule has 6 heteroatoms. The van der Waals surface area contributed by atoms with Crippen LogP contribution in [0, 0.1) is 13.8 Å². The molecule has 5 nitrogen and oxygen atoms in total. The van der Waals surface area contributed by atoms with Crippen molar-refractivity contribution in [1.82, 2.24) is 19.7 Å². The lowest BCUT2D eigenvalue weighted by atomic mass is 10.0. The lowest BCUT2D eigenvalue weighted by Gasteiger charge is -2.23. The minimum absolute atomic E-state index is 0.150. The largest absolute Gasteiger partial charge is 0.305 e. The van der Waals surface area contributed by atoms with Crippen molar-refractivity contribution >= 4 is 17.5 Å². The van der Waals surface area contributed by atoms with Crippen LogP contribution in [0.5, 0.6) is 0 Å². The molecule has 0 N–H and O–H groups in total. The quantitative estimate of drug-likeness (QED) is 0.410. The lowest BCUT2D eigenvalue weighted by molar-refractivity contribution is 0.0993. The number of aromatic nitrogens is 3. The molecule has 28 heavy (non-hydrogen) atoms. The summed E-state index contributed by atoms with van der Waals surface area (Å²) in [6.45, 7) is 11.2. The summed E-state index contributed by atoms with van der Waals surface area (Å²) in [4.78, 5) is 15.3. The van der Waals surface area contributed by atoms with Gasteiger partial charge < -0.3 is 4.57 Å². The first-order valence-electron chi connectivity index (χ1n) is 10.2. The number of Topliss-reactive ketones (excluding diaryl/α,β-unsaturated/α-hetero) is 1. The van der Waals surface area contributed by atoms with Gasteiger partial charge in [0.05, 0.1) is 11.3 Å². The monoisotopic (exact) mass is 402 g/mol. The third-order valence-electron chi connectivity index (χ3n) is 5.10. The van der Waals surface area contributed by atoms with Crippen molar-refractivity contribution in [3.8, 4) is 0 Å². The van der Waals surface area contributed by atoms with Crippen LogP contribution >= 0.6 is 11.8 Å². The third-order valence-corrected chi connectivity index (χ3v) is 6.18. The molecule has 154 valence electrons. The van der Waals surface area contributed by atoms with Crippen LogP contribution in [0.2, 0.25) is 0 Å². The van der Waals surface area contributed by atoms with E-state index in [4.69, 9.17) is 0 Å². The number of carbonyl (C=O) groups excluding carboxylic acids is 1. The fourth-order valence-electron chi connectivity index (χ4n) is 3.37. The van der Waals surface area contributed by atoms with Crippen LogP contribution in [0.1, 0.15) is 73.4 Å². The summed E-state index contributed by atoms with van der Waals surface area (Å²) in [5, 5.41) is 9.62. The SMILES string of the molecule is CCCCn1c(SC(C)C(=O)c2cc(C)ccc2C)nnc1C(CC)N(C)C. The van der Waals surface area contributed by atoms with Gasteiger partial charge in [0.1, 0.15) is 0 Å². The lowest BCUT2D eigenvalue weighted by Crippen LogP contribution is -2.23. The average Bonchev–Trinajstić information content (AvgIpc) is 3.03. The van der Waals surface area contributed by atoms with E-state index in [2.05, 4.69) is 47.6 Å². The minimum atomic E-state index is -0.211. The van der Waals surface area contributed by atoms with Crippen LogP contribution in [0.3, 0.4) is 0 Å². The molecule has 1 heterocycles. The molecule has 1 aromatic heterocycles. The Hall–Kier alpha value is -1.66. The number of benzene rings is 1. The van der Waals surface area contributed by atoms with E-state index < -0.39 is 0 Å². The predicted octanol–water partition coefficient (Wildman–Crippen LogP) is 5.07. The number of thioether (sulfide) groups is 1. The van der Waals surface area contributed by atoms with Gasteiger partial charge in [0, 0.05) is 12.1 Å². The van der Waals surface area contributed by atoms with Gasteiger partial charge in [0.25, 0.3) is 0 Å². The van der Waals surface area contributed by atoms with E-state index in [9.17, 15) is 4.79 Å². The molecular weight excluding hydrogens is 368 g/mol. The number of rotatable bonds is 10. The zero-order chi connectivity index (χ0) is 20.8. The van der Waals surface area contributed by atoms with Crippen molar-refractivity contribution in [1.29, 1.82) is 0 Å². The van der Waals surface area contributed by atoms with E-state index in [0.29, 0.717) is 0 Å². The number of nitrogens with zero attached hydrogens (tertiary/aromatic N) is 4. The van der Waals surface area contributed by atoms with Crippen molar-refractivity contribution in [2.45, 2.75) is 76.9 Å². The van der Waals surface area contributed by atoms with E-state index in [-0.39, 0.29) is 17.1 Å². The fraction of sp³-hybridized carbons (Fsp3) is 0.591. The van der Waals surface area contributed by atoms with E-state index in [0.717, 1.165) is 53.5 Å². The van der Waals surface area contributed by atoms with Crippen molar-refractivity contribution in [2.75, 3.05) is 14.1 Å². The Bertz CT molecular complexity index is 800. The molecule has 0 saturated carbocycles. The summed E-state index contributed by atoms with van der Waals surface area (Å²) in [7, 11) is 4.15. The second-order valence-electron chi connectivity index (χ2n) is 7.68. The Balaban J connectivity index is 2.30. The van der Waals surface area contributed by atoms with Crippen LogP contribution in [-0.4, -0.2) is 44.8 Å². The molecule has 0 aliphatic carbocycles. The first-order valence-corrected chi connectivity index (χ1v) is 11.1. The van der Waals surface area contributed by atoms with Gasteiger partial charge in [0.2, 0.25) is 0 Å².